The second-order valence-corrected chi connectivity index (χ2v) is 7.70. The molecule has 30 heavy (non-hydrogen) atoms. The third-order valence-corrected chi connectivity index (χ3v) is 5.45. The Morgan fingerprint density at radius 1 is 1.03 bits per heavy atom. The number of carbonyl (C=O) groups excluding carboxylic acids is 1. The van der Waals surface area contributed by atoms with Crippen LogP contribution in [0.2, 0.25) is 5.02 Å². The van der Waals surface area contributed by atoms with Crippen molar-refractivity contribution in [3.05, 3.63) is 77.3 Å². The van der Waals surface area contributed by atoms with Gasteiger partial charge >= 0.3 is 0 Å². The van der Waals surface area contributed by atoms with Crippen molar-refractivity contribution < 1.29 is 4.79 Å². The average Bonchev–Trinajstić information content (AvgIpc) is 3.41. The van der Waals surface area contributed by atoms with Crippen LogP contribution >= 0.6 is 11.6 Å². The fraction of sp³-hybridized carbons (Fsp3) is 0.182. The molecule has 1 atom stereocenters. The lowest BCUT2D eigenvalue weighted by Gasteiger charge is -2.18. The zero-order valence-electron chi connectivity index (χ0n) is 16.1. The SMILES string of the molecule is O=C(NC1CCN(c2ccc3nnc(-c4ccccc4)n3n2)C1)c1cccc(Cl)c1. The monoisotopic (exact) mass is 418 g/mol. The zero-order chi connectivity index (χ0) is 20.5. The molecule has 150 valence electrons. The molecule has 2 aromatic heterocycles. The smallest absolute Gasteiger partial charge is 0.251 e. The van der Waals surface area contributed by atoms with Crippen LogP contribution in [0.15, 0.2) is 66.7 Å². The van der Waals surface area contributed by atoms with Gasteiger partial charge < -0.3 is 10.2 Å². The van der Waals surface area contributed by atoms with Gasteiger partial charge in [0.2, 0.25) is 0 Å². The second kappa shape index (κ2) is 7.76. The highest BCUT2D eigenvalue weighted by atomic mass is 35.5. The van der Waals surface area contributed by atoms with Crippen molar-refractivity contribution in [3.8, 4) is 11.4 Å². The van der Waals surface area contributed by atoms with E-state index in [0.717, 1.165) is 24.3 Å². The third kappa shape index (κ3) is 3.59. The molecular weight excluding hydrogens is 400 g/mol. The Kier molecular flexibility index (Phi) is 4.80. The van der Waals surface area contributed by atoms with Crippen molar-refractivity contribution in [2.45, 2.75) is 12.5 Å². The van der Waals surface area contributed by atoms with Gasteiger partial charge in [0.25, 0.3) is 5.91 Å². The van der Waals surface area contributed by atoms with Gasteiger partial charge in [-0.2, -0.15) is 4.52 Å². The van der Waals surface area contributed by atoms with Crippen molar-refractivity contribution in [1.29, 1.82) is 0 Å². The summed E-state index contributed by atoms with van der Waals surface area (Å²) in [4.78, 5) is 14.7. The molecule has 0 radical (unpaired) electrons. The first-order chi connectivity index (χ1) is 14.7. The van der Waals surface area contributed by atoms with Gasteiger partial charge in [-0.15, -0.1) is 15.3 Å². The Bertz CT molecular complexity index is 1210. The summed E-state index contributed by atoms with van der Waals surface area (Å²) < 4.78 is 1.77. The van der Waals surface area contributed by atoms with E-state index in [1.807, 2.05) is 42.5 Å². The first-order valence-electron chi connectivity index (χ1n) is 9.77. The fourth-order valence-corrected chi connectivity index (χ4v) is 3.89. The zero-order valence-corrected chi connectivity index (χ0v) is 16.8. The molecule has 7 nitrogen and oxygen atoms in total. The van der Waals surface area contributed by atoms with Gasteiger partial charge in [-0.1, -0.05) is 48.0 Å². The number of carbonyl (C=O) groups is 1. The molecule has 1 amide bonds. The van der Waals surface area contributed by atoms with Gasteiger partial charge in [0.05, 0.1) is 0 Å². The van der Waals surface area contributed by atoms with Crippen molar-refractivity contribution in [3.63, 3.8) is 0 Å². The number of nitrogens with one attached hydrogen (secondary N) is 1. The number of benzene rings is 2. The van der Waals surface area contributed by atoms with Gasteiger partial charge in [-0.25, -0.2) is 0 Å². The molecule has 0 saturated carbocycles. The first kappa shape index (κ1) is 18.6. The predicted octanol–water partition coefficient (Wildman–Crippen LogP) is 3.45. The number of halogens is 1. The van der Waals surface area contributed by atoms with Gasteiger partial charge in [0.15, 0.2) is 11.5 Å². The molecule has 4 aromatic rings. The van der Waals surface area contributed by atoms with E-state index in [1.54, 1.807) is 28.8 Å². The van der Waals surface area contributed by atoms with E-state index < -0.39 is 0 Å². The van der Waals surface area contributed by atoms with Crippen LogP contribution in [0.4, 0.5) is 5.82 Å². The third-order valence-electron chi connectivity index (χ3n) is 5.21. The second-order valence-electron chi connectivity index (χ2n) is 7.27. The lowest BCUT2D eigenvalue weighted by atomic mass is 10.2. The van der Waals surface area contributed by atoms with E-state index in [9.17, 15) is 4.79 Å². The van der Waals surface area contributed by atoms with Crippen molar-refractivity contribution in [1.82, 2.24) is 25.1 Å². The largest absolute Gasteiger partial charge is 0.353 e. The van der Waals surface area contributed by atoms with Gasteiger partial charge in [0.1, 0.15) is 5.82 Å². The summed E-state index contributed by atoms with van der Waals surface area (Å²) in [5, 5.41) is 16.9. The minimum absolute atomic E-state index is 0.0449. The summed E-state index contributed by atoms with van der Waals surface area (Å²) in [5.41, 5.74) is 2.22. The Labute approximate surface area is 178 Å². The van der Waals surface area contributed by atoms with Crippen LogP contribution in [-0.4, -0.2) is 44.8 Å². The maximum absolute atomic E-state index is 12.5. The molecule has 1 aliphatic heterocycles. The van der Waals surface area contributed by atoms with E-state index in [-0.39, 0.29) is 11.9 Å². The van der Waals surface area contributed by atoms with Crippen LogP contribution in [0.25, 0.3) is 17.0 Å². The molecule has 1 aliphatic rings. The summed E-state index contributed by atoms with van der Waals surface area (Å²) >= 11 is 6.00. The number of hydrogen-bond acceptors (Lipinski definition) is 5. The van der Waals surface area contributed by atoms with Crippen LogP contribution in [0.3, 0.4) is 0 Å². The summed E-state index contributed by atoms with van der Waals surface area (Å²) in [7, 11) is 0. The summed E-state index contributed by atoms with van der Waals surface area (Å²) in [5.74, 6) is 1.43. The Morgan fingerprint density at radius 2 is 1.90 bits per heavy atom. The number of amides is 1. The molecule has 1 unspecified atom stereocenters. The van der Waals surface area contributed by atoms with Crippen LogP contribution in [0, 0.1) is 0 Å². The van der Waals surface area contributed by atoms with E-state index >= 15 is 0 Å². The molecule has 5 rings (SSSR count). The normalized spacial score (nSPS) is 16.2. The van der Waals surface area contributed by atoms with Crippen LogP contribution < -0.4 is 10.2 Å². The first-order valence-corrected chi connectivity index (χ1v) is 10.1. The Morgan fingerprint density at radius 3 is 2.73 bits per heavy atom. The lowest BCUT2D eigenvalue weighted by molar-refractivity contribution is 0.0940. The molecule has 0 aliphatic carbocycles. The van der Waals surface area contributed by atoms with Crippen LogP contribution in [0.5, 0.6) is 0 Å². The summed E-state index contributed by atoms with van der Waals surface area (Å²) in [6.07, 6.45) is 0.847. The number of rotatable bonds is 4. The van der Waals surface area contributed by atoms with Gasteiger partial charge in [-0.3, -0.25) is 4.79 Å². The summed E-state index contributed by atoms with van der Waals surface area (Å²) in [6.45, 7) is 1.50. The number of fused-ring (bicyclic) bond motifs is 1. The van der Waals surface area contributed by atoms with E-state index in [4.69, 9.17) is 16.7 Å². The molecule has 8 heteroatoms. The average molecular weight is 419 g/mol. The highest BCUT2D eigenvalue weighted by Crippen LogP contribution is 2.22. The number of nitrogens with zero attached hydrogens (tertiary/aromatic N) is 5. The van der Waals surface area contributed by atoms with Crippen molar-refractivity contribution in [2.24, 2.45) is 0 Å². The highest BCUT2D eigenvalue weighted by molar-refractivity contribution is 6.30. The van der Waals surface area contributed by atoms with E-state index in [2.05, 4.69) is 20.4 Å². The minimum Gasteiger partial charge on any atom is -0.353 e. The predicted molar refractivity (Wildman–Crippen MR) is 116 cm³/mol. The van der Waals surface area contributed by atoms with Crippen molar-refractivity contribution in [2.75, 3.05) is 18.0 Å². The molecule has 0 bridgehead atoms. The summed E-state index contributed by atoms with van der Waals surface area (Å²) in [6, 6.07) is 20.8. The number of anilines is 1. The standard InChI is InChI=1S/C22H19ClN6O/c23-17-8-4-7-16(13-17)22(30)24-18-11-12-28(14-18)20-10-9-19-25-26-21(29(19)27-20)15-5-2-1-3-6-15/h1-10,13,18H,11-12,14H2,(H,24,30). The fourth-order valence-electron chi connectivity index (χ4n) is 3.70. The molecule has 1 fully saturated rings. The number of hydrogen-bond donors (Lipinski definition) is 1. The van der Waals surface area contributed by atoms with Gasteiger partial charge in [0, 0.05) is 35.3 Å². The van der Waals surface area contributed by atoms with Gasteiger partial charge in [-0.05, 0) is 36.8 Å². The van der Waals surface area contributed by atoms with Crippen molar-refractivity contribution >= 4 is 29.0 Å². The van der Waals surface area contributed by atoms with Crippen LogP contribution in [0.1, 0.15) is 16.8 Å². The maximum Gasteiger partial charge on any atom is 0.251 e. The molecule has 1 N–H and O–H groups in total. The molecule has 0 spiro atoms. The maximum atomic E-state index is 12.5. The topological polar surface area (TPSA) is 75.4 Å². The quantitative estimate of drug-likeness (QED) is 0.549. The highest BCUT2D eigenvalue weighted by Gasteiger charge is 2.26. The molecular formula is C22H19ClN6O. The molecule has 1 saturated heterocycles. The van der Waals surface area contributed by atoms with E-state index in [1.165, 1.54) is 0 Å². The Balaban J connectivity index is 1.33. The molecule has 2 aromatic carbocycles. The van der Waals surface area contributed by atoms with Crippen LogP contribution in [-0.2, 0) is 0 Å². The Hall–Kier alpha value is -3.45. The minimum atomic E-state index is -0.113. The number of aromatic nitrogens is 4. The lowest BCUT2D eigenvalue weighted by Crippen LogP contribution is -2.37. The van der Waals surface area contributed by atoms with E-state index in [0.29, 0.717) is 28.6 Å². The molecule has 3 heterocycles.